The van der Waals surface area contributed by atoms with E-state index in [1.807, 2.05) is 69.3 Å². The maximum atomic E-state index is 13.7. The van der Waals surface area contributed by atoms with Crippen molar-refractivity contribution in [3.05, 3.63) is 65.2 Å². The first-order valence-electron chi connectivity index (χ1n) is 16.0. The molecule has 0 aromatic heterocycles. The molecule has 8 nitrogen and oxygen atoms in total. The third kappa shape index (κ3) is 7.66. The number of likely N-dealkylation sites (tertiary alicyclic amines) is 1. The van der Waals surface area contributed by atoms with Crippen LogP contribution < -0.4 is 10.6 Å². The van der Waals surface area contributed by atoms with Crippen molar-refractivity contribution in [1.82, 2.24) is 10.2 Å². The molecule has 1 aliphatic carbocycles. The molecule has 2 aliphatic heterocycles. The number of benzene rings is 2. The van der Waals surface area contributed by atoms with Crippen molar-refractivity contribution in [3.63, 3.8) is 0 Å². The molecule has 2 heterocycles. The second-order valence-electron chi connectivity index (χ2n) is 13.8. The number of nitrogens with zero attached hydrogens (tertiary/aromatic N) is 1. The average molecular weight is 592 g/mol. The Hall–Kier alpha value is -2.78. The number of hydrogen-bond donors (Lipinski definition) is 3. The molecule has 3 aliphatic rings. The van der Waals surface area contributed by atoms with Gasteiger partial charge in [-0.3, -0.25) is 14.5 Å². The maximum absolute atomic E-state index is 13.7. The number of carbonyl (C=O) groups excluding carboxylic acids is 2. The molecule has 0 spiro atoms. The molecule has 1 saturated carbocycles. The van der Waals surface area contributed by atoms with Crippen LogP contribution in [-0.4, -0.2) is 52.1 Å². The fourth-order valence-electron chi connectivity index (χ4n) is 7.19. The lowest BCUT2D eigenvalue weighted by Gasteiger charge is -2.51. The van der Waals surface area contributed by atoms with Gasteiger partial charge in [0.1, 0.15) is 0 Å². The van der Waals surface area contributed by atoms with Gasteiger partial charge in [0.2, 0.25) is 11.8 Å². The molecule has 2 aromatic carbocycles. The minimum Gasteiger partial charge on any atom is -0.392 e. The van der Waals surface area contributed by atoms with Gasteiger partial charge in [-0.15, -0.1) is 0 Å². The van der Waals surface area contributed by atoms with Crippen LogP contribution in [0.2, 0.25) is 0 Å². The lowest BCUT2D eigenvalue weighted by atomic mass is 9.75. The van der Waals surface area contributed by atoms with Gasteiger partial charge >= 0.3 is 0 Å². The first-order valence-corrected chi connectivity index (χ1v) is 16.0. The number of hydrogen-bond acceptors (Lipinski definition) is 6. The number of amides is 2. The molecule has 2 aromatic rings. The predicted molar refractivity (Wildman–Crippen MR) is 167 cm³/mol. The van der Waals surface area contributed by atoms with E-state index >= 15 is 0 Å². The van der Waals surface area contributed by atoms with E-state index in [2.05, 4.69) is 22.5 Å². The van der Waals surface area contributed by atoms with Gasteiger partial charge in [0.15, 0.2) is 6.29 Å². The minimum atomic E-state index is -0.608. The molecule has 3 fully saturated rings. The molecule has 8 heteroatoms. The van der Waals surface area contributed by atoms with Gasteiger partial charge in [-0.1, -0.05) is 56.2 Å². The van der Waals surface area contributed by atoms with Crippen molar-refractivity contribution in [2.75, 3.05) is 11.9 Å². The van der Waals surface area contributed by atoms with Crippen molar-refractivity contribution in [1.29, 1.82) is 0 Å². The standard InChI is InChI=1S/C35H49N3O5/c1-22-31(20-38-29-9-7-6-8-25(29)16-19-30(38)33(41)37-35(3,4)5)42-34(27-14-17-28(18-15-27)36-23(2)40)43-32(22)26-12-10-24(21-39)11-13-26/h10-15,17-18,22,25,29-32,34,39H,6-9,16,19-21H2,1-5H3,(H,36,40)(H,37,41)/t22-,25-,29-,30-,31+,32+,34+/m1/s1. The van der Waals surface area contributed by atoms with Crippen LogP contribution in [0.3, 0.4) is 0 Å². The molecule has 234 valence electrons. The maximum Gasteiger partial charge on any atom is 0.237 e. The first-order chi connectivity index (χ1) is 20.5. The van der Waals surface area contributed by atoms with Gasteiger partial charge < -0.3 is 25.2 Å². The fraction of sp³-hybridized carbons (Fsp3) is 0.600. The summed E-state index contributed by atoms with van der Waals surface area (Å²) in [4.78, 5) is 27.7. The molecule has 0 bridgehead atoms. The molecule has 2 amide bonds. The molecule has 7 atom stereocenters. The molecule has 0 radical (unpaired) electrons. The summed E-state index contributed by atoms with van der Waals surface area (Å²) in [7, 11) is 0. The highest BCUT2D eigenvalue weighted by atomic mass is 16.7. The van der Waals surface area contributed by atoms with Gasteiger partial charge in [0, 0.05) is 42.2 Å². The summed E-state index contributed by atoms with van der Waals surface area (Å²) in [6.45, 7) is 10.4. The van der Waals surface area contributed by atoms with Gasteiger partial charge in [-0.25, -0.2) is 0 Å². The second-order valence-corrected chi connectivity index (χ2v) is 13.8. The van der Waals surface area contributed by atoms with Crippen LogP contribution in [-0.2, 0) is 25.7 Å². The van der Waals surface area contributed by atoms with E-state index in [9.17, 15) is 14.7 Å². The number of fused-ring (bicyclic) bond motifs is 1. The number of ether oxygens (including phenoxy) is 2. The number of nitrogens with one attached hydrogen (secondary N) is 2. The van der Waals surface area contributed by atoms with E-state index in [-0.39, 0.29) is 48.1 Å². The van der Waals surface area contributed by atoms with Gasteiger partial charge in [-0.05, 0) is 75.6 Å². The smallest absolute Gasteiger partial charge is 0.237 e. The van der Waals surface area contributed by atoms with Gasteiger partial charge in [0.25, 0.3) is 0 Å². The summed E-state index contributed by atoms with van der Waals surface area (Å²) >= 11 is 0. The van der Waals surface area contributed by atoms with Crippen LogP contribution >= 0.6 is 0 Å². The second kappa shape index (κ2) is 13.5. The molecule has 2 saturated heterocycles. The molecule has 43 heavy (non-hydrogen) atoms. The van der Waals surface area contributed by atoms with Crippen LogP contribution in [0, 0.1) is 11.8 Å². The number of anilines is 1. The topological polar surface area (TPSA) is 100 Å². The molecule has 5 rings (SSSR count). The molecular formula is C35H49N3O5. The van der Waals surface area contributed by atoms with Crippen molar-refractivity contribution in [2.45, 2.75) is 116 Å². The zero-order chi connectivity index (χ0) is 30.7. The Morgan fingerprint density at radius 1 is 0.930 bits per heavy atom. The first kappa shape index (κ1) is 31.6. The summed E-state index contributed by atoms with van der Waals surface area (Å²) in [6.07, 6.45) is 5.73. The van der Waals surface area contributed by atoms with E-state index in [1.165, 1.54) is 26.2 Å². The van der Waals surface area contributed by atoms with Gasteiger partial charge in [0.05, 0.1) is 24.9 Å². The van der Waals surface area contributed by atoms with Crippen molar-refractivity contribution in [3.8, 4) is 0 Å². The van der Waals surface area contributed by atoms with Crippen LogP contribution in [0.15, 0.2) is 48.5 Å². The monoisotopic (exact) mass is 591 g/mol. The van der Waals surface area contributed by atoms with Crippen LogP contribution in [0.5, 0.6) is 0 Å². The van der Waals surface area contributed by atoms with Crippen LogP contribution in [0.4, 0.5) is 5.69 Å². The van der Waals surface area contributed by atoms with E-state index in [0.29, 0.717) is 18.5 Å². The van der Waals surface area contributed by atoms with Crippen molar-refractivity contribution < 1.29 is 24.2 Å². The van der Waals surface area contributed by atoms with E-state index in [1.54, 1.807) is 0 Å². The summed E-state index contributed by atoms with van der Waals surface area (Å²) < 4.78 is 13.5. The van der Waals surface area contributed by atoms with E-state index in [4.69, 9.17) is 9.47 Å². The third-order valence-corrected chi connectivity index (χ3v) is 9.32. The highest BCUT2D eigenvalue weighted by Gasteiger charge is 2.46. The van der Waals surface area contributed by atoms with Crippen LogP contribution in [0.1, 0.15) is 102 Å². The zero-order valence-corrected chi connectivity index (χ0v) is 26.3. The molecule has 3 N–H and O–H groups in total. The lowest BCUT2D eigenvalue weighted by Crippen LogP contribution is -2.61. The lowest BCUT2D eigenvalue weighted by molar-refractivity contribution is -0.278. The number of rotatable bonds is 7. The summed E-state index contributed by atoms with van der Waals surface area (Å²) in [5.41, 5.74) is 3.19. The molecule has 0 unspecified atom stereocenters. The van der Waals surface area contributed by atoms with Crippen molar-refractivity contribution >= 4 is 17.5 Å². The zero-order valence-electron chi connectivity index (χ0n) is 26.3. The Balaban J connectivity index is 1.45. The van der Waals surface area contributed by atoms with Gasteiger partial charge in [-0.2, -0.15) is 0 Å². The fourth-order valence-corrected chi connectivity index (χ4v) is 7.19. The predicted octanol–water partition coefficient (Wildman–Crippen LogP) is 5.87. The Morgan fingerprint density at radius 2 is 1.60 bits per heavy atom. The Bertz CT molecular complexity index is 1240. The quantitative estimate of drug-likeness (QED) is 0.373. The van der Waals surface area contributed by atoms with E-state index in [0.717, 1.165) is 41.6 Å². The normalized spacial score (nSPS) is 29.9. The highest BCUT2D eigenvalue weighted by molar-refractivity contribution is 5.88. The highest BCUT2D eigenvalue weighted by Crippen LogP contribution is 2.44. The average Bonchev–Trinajstić information content (AvgIpc) is 2.97. The van der Waals surface area contributed by atoms with Crippen molar-refractivity contribution in [2.24, 2.45) is 11.8 Å². The summed E-state index contributed by atoms with van der Waals surface area (Å²) in [6, 6.07) is 15.7. The number of carbonyl (C=O) groups is 2. The number of piperidine rings is 1. The Labute approximate surface area is 256 Å². The molecular weight excluding hydrogens is 542 g/mol. The minimum absolute atomic E-state index is 0.00804. The van der Waals surface area contributed by atoms with E-state index < -0.39 is 6.29 Å². The SMILES string of the molecule is CC(=O)Nc1ccc([C@H]2O[C@@H](CN3[C@@H](C(=O)NC(C)(C)C)CC[C@H]4CCCC[C@H]43)[C@@H](C)[C@@H](c3ccc(CO)cc3)O2)cc1. The summed E-state index contributed by atoms with van der Waals surface area (Å²) in [5.74, 6) is 0.620. The number of aliphatic hydroxyl groups excluding tert-OH is 1. The summed E-state index contributed by atoms with van der Waals surface area (Å²) in [5, 5.41) is 15.7. The largest absolute Gasteiger partial charge is 0.392 e. The Kier molecular flexibility index (Phi) is 9.91. The van der Waals surface area contributed by atoms with Crippen LogP contribution in [0.25, 0.3) is 0 Å². The number of aliphatic hydroxyl groups is 1. The third-order valence-electron chi connectivity index (χ3n) is 9.32. The Morgan fingerprint density at radius 3 is 2.26 bits per heavy atom.